The molecule has 316 valence electrons. The Labute approximate surface area is 364 Å². The molecule has 0 atom stereocenters. The Hall–Kier alpha value is -5.26. The average Bonchev–Trinajstić information content (AvgIpc) is 3.76. The number of aryl methyl sites for hydroxylation is 12. The zero-order valence-electron chi connectivity index (χ0n) is 38.6. The van der Waals surface area contributed by atoms with Crippen molar-refractivity contribution in [1.29, 1.82) is 0 Å². The summed E-state index contributed by atoms with van der Waals surface area (Å²) < 4.78 is 11.5. The summed E-state index contributed by atoms with van der Waals surface area (Å²) in [4.78, 5) is 10.6. The maximum Gasteiger partial charge on any atom is 0.0805 e. The monoisotopic (exact) mass is 811 g/mol. The molecule has 8 rings (SSSR count). The SMILES string of the molecule is CCCc1cc2c(C)nc3c(-c4c(C)cc(C)cc4C)cccc3c2n1CCCCOCCCCn1c(CCC)cc2c(C)nc3c(-c4c(C)cc(C)cc4C)cccc3c21. The van der Waals surface area contributed by atoms with Gasteiger partial charge in [0.2, 0.25) is 0 Å². The van der Waals surface area contributed by atoms with Crippen LogP contribution in [0.4, 0.5) is 0 Å². The van der Waals surface area contributed by atoms with E-state index >= 15 is 0 Å². The van der Waals surface area contributed by atoms with Gasteiger partial charge in [0.1, 0.15) is 0 Å². The van der Waals surface area contributed by atoms with E-state index in [1.54, 1.807) is 0 Å². The quantitative estimate of drug-likeness (QED) is 0.0913. The first-order valence-corrected chi connectivity index (χ1v) is 23.1. The van der Waals surface area contributed by atoms with Crippen molar-refractivity contribution in [3.8, 4) is 22.3 Å². The topological polar surface area (TPSA) is 44.9 Å². The molecule has 0 radical (unpaired) electrons. The number of hydrogen-bond donors (Lipinski definition) is 0. The van der Waals surface area contributed by atoms with Gasteiger partial charge in [-0.25, -0.2) is 0 Å². The second-order valence-corrected chi connectivity index (χ2v) is 18.0. The Morgan fingerprint density at radius 3 is 1.25 bits per heavy atom. The minimum atomic E-state index is 0.795. The summed E-state index contributed by atoms with van der Waals surface area (Å²) in [5.74, 6) is 0. The van der Waals surface area contributed by atoms with Gasteiger partial charge < -0.3 is 13.9 Å². The summed E-state index contributed by atoms with van der Waals surface area (Å²) in [6.45, 7) is 25.8. The molecule has 61 heavy (non-hydrogen) atoms. The Morgan fingerprint density at radius 2 is 0.869 bits per heavy atom. The second kappa shape index (κ2) is 18.0. The van der Waals surface area contributed by atoms with Gasteiger partial charge in [-0.2, -0.15) is 0 Å². The highest BCUT2D eigenvalue weighted by molar-refractivity contribution is 6.11. The van der Waals surface area contributed by atoms with Gasteiger partial charge in [0.25, 0.3) is 0 Å². The van der Waals surface area contributed by atoms with Crippen molar-refractivity contribution in [3.05, 3.63) is 129 Å². The predicted octanol–water partition coefficient (Wildman–Crippen LogP) is 14.7. The standard InChI is InChI=1S/C56H66N4O/c1-11-19-43-33-49-41(9)57-53-45(51-37(5)29-35(3)30-38(51)6)21-17-23-47(53)55(49)59(43)25-13-15-27-61-28-16-14-26-60-44(20-12-2)34-50-42(10)58-54-46(22-18-24-48(54)56(50)60)52-39(7)31-36(4)32-40(52)8/h17-18,21-24,29-34H,11-16,19-20,25-28H2,1-10H3. The number of nitrogens with zero attached hydrogens (tertiary/aromatic N) is 4. The average molecular weight is 811 g/mol. The van der Waals surface area contributed by atoms with Crippen LogP contribution in [-0.2, 0) is 30.7 Å². The number of ether oxygens (including phenoxy) is 1. The molecular formula is C56H66N4O. The van der Waals surface area contributed by atoms with Crippen LogP contribution in [0.2, 0.25) is 0 Å². The third-order valence-electron chi connectivity index (χ3n) is 13.0. The Bertz CT molecular complexity index is 2660. The van der Waals surface area contributed by atoms with Gasteiger partial charge >= 0.3 is 0 Å². The molecular weight excluding hydrogens is 745 g/mol. The Balaban J connectivity index is 0.953. The van der Waals surface area contributed by atoms with Gasteiger partial charge in [0.15, 0.2) is 0 Å². The third kappa shape index (κ3) is 8.14. The fourth-order valence-corrected chi connectivity index (χ4v) is 10.6. The van der Waals surface area contributed by atoms with E-state index in [4.69, 9.17) is 14.7 Å². The number of rotatable bonds is 16. The molecule has 8 aromatic rings. The maximum absolute atomic E-state index is 6.33. The highest BCUT2D eigenvalue weighted by Gasteiger charge is 2.20. The molecule has 5 nitrogen and oxygen atoms in total. The van der Waals surface area contributed by atoms with Crippen molar-refractivity contribution in [2.24, 2.45) is 0 Å². The lowest BCUT2D eigenvalue weighted by Crippen LogP contribution is -2.07. The van der Waals surface area contributed by atoms with Crippen LogP contribution >= 0.6 is 0 Å². The molecule has 0 N–H and O–H groups in total. The van der Waals surface area contributed by atoms with E-state index in [9.17, 15) is 0 Å². The van der Waals surface area contributed by atoms with E-state index in [-0.39, 0.29) is 0 Å². The number of pyridine rings is 2. The highest BCUT2D eigenvalue weighted by atomic mass is 16.5. The van der Waals surface area contributed by atoms with Crippen LogP contribution in [0.15, 0.2) is 72.8 Å². The number of fused-ring (bicyclic) bond motifs is 6. The lowest BCUT2D eigenvalue weighted by molar-refractivity contribution is 0.125. The van der Waals surface area contributed by atoms with Crippen LogP contribution in [0.5, 0.6) is 0 Å². The smallest absolute Gasteiger partial charge is 0.0805 e. The summed E-state index contributed by atoms with van der Waals surface area (Å²) in [7, 11) is 0. The molecule has 0 fully saturated rings. The predicted molar refractivity (Wildman–Crippen MR) is 261 cm³/mol. The van der Waals surface area contributed by atoms with Crippen molar-refractivity contribution < 1.29 is 4.74 Å². The fourth-order valence-electron chi connectivity index (χ4n) is 10.6. The summed E-state index contributed by atoms with van der Waals surface area (Å²) >= 11 is 0. The largest absolute Gasteiger partial charge is 0.381 e. The van der Waals surface area contributed by atoms with Gasteiger partial charge in [0.05, 0.1) is 22.1 Å². The molecule has 0 spiro atoms. The van der Waals surface area contributed by atoms with Crippen molar-refractivity contribution in [2.45, 2.75) is 134 Å². The molecule has 0 aliphatic rings. The lowest BCUT2D eigenvalue weighted by Gasteiger charge is -2.17. The van der Waals surface area contributed by atoms with Crippen LogP contribution in [0, 0.1) is 55.4 Å². The van der Waals surface area contributed by atoms with Gasteiger partial charge in [-0.15, -0.1) is 0 Å². The molecule has 0 aliphatic heterocycles. The van der Waals surface area contributed by atoms with Crippen LogP contribution < -0.4 is 0 Å². The fraction of sp³-hybridized carbons (Fsp3) is 0.393. The molecule has 5 heteroatoms. The van der Waals surface area contributed by atoms with E-state index in [1.807, 2.05) is 0 Å². The summed E-state index contributed by atoms with van der Waals surface area (Å²) in [5.41, 5.74) is 22.9. The van der Waals surface area contributed by atoms with E-state index in [0.29, 0.717) is 0 Å². The first-order chi connectivity index (χ1) is 29.5. The molecule has 0 unspecified atom stereocenters. The van der Waals surface area contributed by atoms with E-state index in [0.717, 1.165) is 100 Å². The molecule has 0 saturated carbocycles. The van der Waals surface area contributed by atoms with Crippen molar-refractivity contribution in [2.75, 3.05) is 13.2 Å². The van der Waals surface area contributed by atoms with Crippen molar-refractivity contribution in [1.82, 2.24) is 19.1 Å². The van der Waals surface area contributed by atoms with Crippen molar-refractivity contribution >= 4 is 43.6 Å². The third-order valence-corrected chi connectivity index (χ3v) is 13.0. The van der Waals surface area contributed by atoms with E-state index in [2.05, 4.69) is 151 Å². The van der Waals surface area contributed by atoms with E-state index < -0.39 is 0 Å². The minimum Gasteiger partial charge on any atom is -0.381 e. The molecule has 4 aromatic carbocycles. The number of benzene rings is 4. The zero-order chi connectivity index (χ0) is 42.9. The molecule has 0 aliphatic carbocycles. The van der Waals surface area contributed by atoms with Crippen LogP contribution in [0.3, 0.4) is 0 Å². The minimum absolute atomic E-state index is 0.795. The number of unbranched alkanes of at least 4 members (excludes halogenated alkanes) is 2. The zero-order valence-corrected chi connectivity index (χ0v) is 38.6. The van der Waals surface area contributed by atoms with Gasteiger partial charge in [-0.3, -0.25) is 9.97 Å². The Morgan fingerprint density at radius 1 is 0.475 bits per heavy atom. The molecule has 0 saturated heterocycles. The van der Waals surface area contributed by atoms with Crippen LogP contribution in [0.25, 0.3) is 65.9 Å². The summed E-state index contributed by atoms with van der Waals surface area (Å²) in [6, 6.07) is 27.6. The molecule has 4 aromatic heterocycles. The Kier molecular flexibility index (Phi) is 12.5. The first kappa shape index (κ1) is 42.4. The molecule has 0 bridgehead atoms. The van der Waals surface area contributed by atoms with Crippen LogP contribution in [-0.4, -0.2) is 32.3 Å². The number of hydrogen-bond acceptors (Lipinski definition) is 3. The second-order valence-electron chi connectivity index (χ2n) is 18.0. The van der Waals surface area contributed by atoms with E-state index in [1.165, 1.54) is 99.6 Å². The molecule has 0 amide bonds. The van der Waals surface area contributed by atoms with Crippen LogP contribution in [0.1, 0.15) is 109 Å². The first-order valence-electron chi connectivity index (χ1n) is 23.1. The van der Waals surface area contributed by atoms with Crippen molar-refractivity contribution in [3.63, 3.8) is 0 Å². The summed E-state index contributed by atoms with van der Waals surface area (Å²) in [5, 5.41) is 5.08. The van der Waals surface area contributed by atoms with Gasteiger partial charge in [-0.05, 0) is 139 Å². The number of para-hydroxylation sites is 2. The molecule has 4 heterocycles. The van der Waals surface area contributed by atoms with Gasteiger partial charge in [0, 0.05) is 81.8 Å². The normalized spacial score (nSPS) is 12.0. The maximum atomic E-state index is 6.33. The van der Waals surface area contributed by atoms with Gasteiger partial charge in [-0.1, -0.05) is 98.5 Å². The highest BCUT2D eigenvalue weighted by Crippen LogP contribution is 2.40. The lowest BCUT2D eigenvalue weighted by atomic mass is 9.92. The summed E-state index contributed by atoms with van der Waals surface area (Å²) in [6.07, 6.45) is 8.63. The number of aromatic nitrogens is 4.